The van der Waals surface area contributed by atoms with Crippen LogP contribution in [0.3, 0.4) is 0 Å². The highest BCUT2D eigenvalue weighted by atomic mass is 32.2. The third kappa shape index (κ3) is 2.73. The van der Waals surface area contributed by atoms with E-state index in [2.05, 4.69) is 10.3 Å². The number of amides is 3. The van der Waals surface area contributed by atoms with E-state index in [4.69, 9.17) is 0 Å². The molecule has 3 amide bonds. The Hall–Kier alpha value is -1.56. The van der Waals surface area contributed by atoms with Crippen molar-refractivity contribution in [3.8, 4) is 0 Å². The molecule has 0 radical (unpaired) electrons. The summed E-state index contributed by atoms with van der Waals surface area (Å²) in [5.41, 5.74) is 1.16. The molecule has 0 aromatic carbocycles. The minimum absolute atomic E-state index is 0.169. The summed E-state index contributed by atoms with van der Waals surface area (Å²) < 4.78 is 0. The maximum atomic E-state index is 11.2. The monoisotopic (exact) mass is 237 g/mol. The predicted octanol–water partition coefficient (Wildman–Crippen LogP) is 0.824. The normalized spacial score (nSPS) is 15.4. The van der Waals surface area contributed by atoms with Crippen LogP contribution in [0.5, 0.6) is 0 Å². The fraction of sp³-hybridized carbons (Fsp3) is 0.300. The van der Waals surface area contributed by atoms with Gasteiger partial charge >= 0.3 is 6.03 Å². The molecule has 16 heavy (non-hydrogen) atoms. The molecule has 1 N–H and O–H groups in total. The molecule has 1 saturated heterocycles. The number of rotatable bonds is 4. The fourth-order valence-corrected chi connectivity index (χ4v) is 2.29. The number of hydrogen-bond donors (Lipinski definition) is 1. The van der Waals surface area contributed by atoms with Gasteiger partial charge in [0, 0.05) is 18.1 Å². The lowest BCUT2D eigenvalue weighted by Crippen LogP contribution is -2.27. The number of hydrogen-bond acceptors (Lipinski definition) is 4. The molecule has 0 unspecified atom stereocenters. The van der Waals surface area contributed by atoms with Crippen LogP contribution in [0, 0.1) is 0 Å². The molecule has 0 bridgehead atoms. The Bertz CT molecular complexity index is 396. The highest BCUT2D eigenvalue weighted by molar-refractivity contribution is 7.98. The second-order valence-electron chi connectivity index (χ2n) is 3.38. The zero-order valence-electron chi connectivity index (χ0n) is 8.55. The summed E-state index contributed by atoms with van der Waals surface area (Å²) in [4.78, 5) is 27.5. The van der Waals surface area contributed by atoms with Gasteiger partial charge in [-0.1, -0.05) is 0 Å². The molecule has 0 atom stereocenters. The number of aromatic nitrogens is 1. The van der Waals surface area contributed by atoms with Gasteiger partial charge in [0.05, 0.1) is 5.88 Å². The number of urea groups is 1. The van der Waals surface area contributed by atoms with Crippen LogP contribution in [-0.4, -0.2) is 34.2 Å². The average Bonchev–Trinajstić information content (AvgIpc) is 2.59. The van der Waals surface area contributed by atoms with Gasteiger partial charge in [-0.3, -0.25) is 15.1 Å². The van der Waals surface area contributed by atoms with Crippen molar-refractivity contribution in [1.82, 2.24) is 15.2 Å². The first kappa shape index (κ1) is 10.9. The Kier molecular flexibility index (Phi) is 3.40. The van der Waals surface area contributed by atoms with E-state index < -0.39 is 0 Å². The zero-order chi connectivity index (χ0) is 11.4. The maximum Gasteiger partial charge on any atom is 0.325 e. The van der Waals surface area contributed by atoms with Crippen molar-refractivity contribution < 1.29 is 9.59 Å². The molecule has 1 aromatic heterocycles. The van der Waals surface area contributed by atoms with E-state index in [0.29, 0.717) is 5.88 Å². The van der Waals surface area contributed by atoms with E-state index in [1.807, 2.05) is 12.1 Å². The smallest absolute Gasteiger partial charge is 0.306 e. The Morgan fingerprint density at radius 3 is 2.75 bits per heavy atom. The summed E-state index contributed by atoms with van der Waals surface area (Å²) in [7, 11) is 0. The second kappa shape index (κ2) is 4.98. The number of nitrogens with one attached hydrogen (secondary N) is 1. The van der Waals surface area contributed by atoms with Gasteiger partial charge in [0.15, 0.2) is 0 Å². The first-order valence-corrected chi connectivity index (χ1v) is 5.96. The Labute approximate surface area is 97.2 Å². The van der Waals surface area contributed by atoms with Gasteiger partial charge in [-0.05, 0) is 17.7 Å². The van der Waals surface area contributed by atoms with Crippen molar-refractivity contribution in [1.29, 1.82) is 0 Å². The molecule has 1 aliphatic rings. The summed E-state index contributed by atoms with van der Waals surface area (Å²) in [6, 6.07) is 3.57. The van der Waals surface area contributed by atoms with E-state index in [1.54, 1.807) is 24.2 Å². The lowest BCUT2D eigenvalue weighted by Gasteiger charge is -2.11. The van der Waals surface area contributed by atoms with Gasteiger partial charge < -0.3 is 4.90 Å². The number of carbonyl (C=O) groups is 2. The Balaban J connectivity index is 1.76. The minimum Gasteiger partial charge on any atom is -0.306 e. The third-order valence-corrected chi connectivity index (χ3v) is 3.16. The standard InChI is InChI=1S/C10H11N3O2S/c14-9-5-13(10(15)12-9)7-16-6-8-1-3-11-4-2-8/h1-4H,5-7H2,(H,12,14,15). The second-order valence-corrected chi connectivity index (χ2v) is 4.34. The van der Waals surface area contributed by atoms with E-state index >= 15 is 0 Å². The summed E-state index contributed by atoms with van der Waals surface area (Å²) in [5, 5.41) is 2.24. The van der Waals surface area contributed by atoms with Crippen molar-refractivity contribution in [2.24, 2.45) is 0 Å². The van der Waals surface area contributed by atoms with Crippen molar-refractivity contribution in [3.63, 3.8) is 0 Å². The molecular weight excluding hydrogens is 226 g/mol. The number of carbonyl (C=O) groups excluding carboxylic acids is 2. The van der Waals surface area contributed by atoms with E-state index in [1.165, 1.54) is 4.90 Å². The molecule has 1 fully saturated rings. The van der Waals surface area contributed by atoms with Gasteiger partial charge in [-0.2, -0.15) is 0 Å². The maximum absolute atomic E-state index is 11.2. The molecule has 2 heterocycles. The van der Waals surface area contributed by atoms with E-state index in [9.17, 15) is 9.59 Å². The van der Waals surface area contributed by atoms with Crippen molar-refractivity contribution in [2.45, 2.75) is 5.75 Å². The molecule has 5 nitrogen and oxygen atoms in total. The zero-order valence-corrected chi connectivity index (χ0v) is 9.37. The van der Waals surface area contributed by atoms with Crippen LogP contribution in [0.4, 0.5) is 4.79 Å². The molecule has 1 aliphatic heterocycles. The molecule has 1 aromatic rings. The minimum atomic E-state index is -0.299. The van der Waals surface area contributed by atoms with Crippen LogP contribution in [0.15, 0.2) is 24.5 Å². The summed E-state index contributed by atoms with van der Waals surface area (Å²) in [5.74, 6) is 1.11. The average molecular weight is 237 g/mol. The molecule has 2 rings (SSSR count). The van der Waals surface area contributed by atoms with Gasteiger partial charge in [-0.15, -0.1) is 11.8 Å². The van der Waals surface area contributed by atoms with Crippen LogP contribution in [-0.2, 0) is 10.5 Å². The fourth-order valence-electron chi connectivity index (χ4n) is 1.34. The van der Waals surface area contributed by atoms with Crippen LogP contribution in [0.25, 0.3) is 0 Å². The number of nitrogens with zero attached hydrogens (tertiary/aromatic N) is 2. The first-order valence-electron chi connectivity index (χ1n) is 4.81. The Morgan fingerprint density at radius 1 is 1.38 bits per heavy atom. The van der Waals surface area contributed by atoms with Crippen LogP contribution in [0.2, 0.25) is 0 Å². The summed E-state index contributed by atoms with van der Waals surface area (Å²) in [6.45, 7) is 0.169. The van der Waals surface area contributed by atoms with Gasteiger partial charge in [0.2, 0.25) is 5.91 Å². The van der Waals surface area contributed by atoms with E-state index in [-0.39, 0.29) is 18.5 Å². The Morgan fingerprint density at radius 2 is 2.12 bits per heavy atom. The lowest BCUT2D eigenvalue weighted by atomic mass is 10.3. The molecule has 0 saturated carbocycles. The van der Waals surface area contributed by atoms with E-state index in [0.717, 1.165) is 11.3 Å². The molecule has 84 valence electrons. The number of thioether (sulfide) groups is 1. The van der Waals surface area contributed by atoms with Gasteiger partial charge in [0.25, 0.3) is 0 Å². The van der Waals surface area contributed by atoms with Crippen molar-refractivity contribution in [3.05, 3.63) is 30.1 Å². The highest BCUT2D eigenvalue weighted by Crippen LogP contribution is 2.13. The van der Waals surface area contributed by atoms with Crippen molar-refractivity contribution in [2.75, 3.05) is 12.4 Å². The summed E-state index contributed by atoms with van der Waals surface area (Å²) >= 11 is 1.59. The van der Waals surface area contributed by atoms with Crippen LogP contribution < -0.4 is 5.32 Å². The van der Waals surface area contributed by atoms with Gasteiger partial charge in [-0.25, -0.2) is 4.79 Å². The lowest BCUT2D eigenvalue weighted by molar-refractivity contribution is -0.118. The molecular formula is C10H11N3O2S. The van der Waals surface area contributed by atoms with Gasteiger partial charge in [0.1, 0.15) is 6.54 Å². The number of pyridine rings is 1. The predicted molar refractivity (Wildman–Crippen MR) is 60.6 cm³/mol. The first-order chi connectivity index (χ1) is 7.75. The van der Waals surface area contributed by atoms with Crippen LogP contribution in [0.1, 0.15) is 5.56 Å². The highest BCUT2D eigenvalue weighted by Gasteiger charge is 2.25. The van der Waals surface area contributed by atoms with Crippen molar-refractivity contribution >= 4 is 23.7 Å². The third-order valence-electron chi connectivity index (χ3n) is 2.13. The largest absolute Gasteiger partial charge is 0.325 e. The molecule has 0 aliphatic carbocycles. The SMILES string of the molecule is O=C1CN(CSCc2ccncc2)C(=O)N1. The topological polar surface area (TPSA) is 62.3 Å². The molecule has 6 heteroatoms. The molecule has 0 spiro atoms. The quantitative estimate of drug-likeness (QED) is 0.788. The van der Waals surface area contributed by atoms with Crippen LogP contribution >= 0.6 is 11.8 Å². The summed E-state index contributed by atoms with van der Waals surface area (Å²) in [6.07, 6.45) is 3.48. The number of imide groups is 1.